The van der Waals surface area contributed by atoms with Gasteiger partial charge in [0.2, 0.25) is 5.78 Å². The number of ketones is 1. The highest BCUT2D eigenvalue weighted by Gasteiger charge is 2.31. The number of ether oxygens (including phenoxy) is 3. The summed E-state index contributed by atoms with van der Waals surface area (Å²) in [7, 11) is 5.11. The molecule has 1 unspecified atom stereocenters. The first kappa shape index (κ1) is 21.5. The van der Waals surface area contributed by atoms with E-state index in [1.54, 1.807) is 32.4 Å². The number of allylic oxidation sites excluding steroid dienone is 1. The number of Topliss-reactive ketones (excluding diaryl/α,β-unsaturated/α-hetero) is 1. The van der Waals surface area contributed by atoms with Crippen LogP contribution in [-0.4, -0.2) is 27.1 Å². The first-order valence-corrected chi connectivity index (χ1v) is 10.3. The van der Waals surface area contributed by atoms with Crippen molar-refractivity contribution in [3.63, 3.8) is 0 Å². The van der Waals surface area contributed by atoms with Crippen LogP contribution in [0.3, 0.4) is 0 Å². The molecule has 0 bridgehead atoms. The Kier molecular flexibility index (Phi) is 6.14. The van der Waals surface area contributed by atoms with Gasteiger partial charge < -0.3 is 24.2 Å². The highest BCUT2D eigenvalue weighted by Crippen LogP contribution is 2.39. The molecule has 164 valence electrons. The number of hydrogen-bond acceptors (Lipinski definition) is 5. The summed E-state index contributed by atoms with van der Waals surface area (Å²) in [5.74, 6) is 1.17. The summed E-state index contributed by atoms with van der Waals surface area (Å²) >= 11 is 0. The zero-order valence-electron chi connectivity index (χ0n) is 18.3. The van der Waals surface area contributed by atoms with Crippen molar-refractivity contribution in [1.82, 2.24) is 0 Å². The minimum absolute atomic E-state index is 0.135. The fourth-order valence-corrected chi connectivity index (χ4v) is 3.93. The van der Waals surface area contributed by atoms with Gasteiger partial charge >= 0.3 is 0 Å². The Labute approximate surface area is 187 Å². The molecule has 1 N–H and O–H groups in total. The van der Waals surface area contributed by atoms with E-state index in [4.69, 9.17) is 14.2 Å². The van der Waals surface area contributed by atoms with Crippen LogP contribution in [0.2, 0.25) is 0 Å². The van der Waals surface area contributed by atoms with Gasteiger partial charge in [-0.05, 0) is 18.2 Å². The minimum Gasteiger partial charge on any atom is -0.872 e. The molecule has 1 aliphatic heterocycles. The molecule has 1 heterocycles. The quantitative estimate of drug-likeness (QED) is 0.583. The van der Waals surface area contributed by atoms with Crippen molar-refractivity contribution in [2.75, 3.05) is 21.3 Å². The van der Waals surface area contributed by atoms with Gasteiger partial charge in [-0.2, -0.15) is 0 Å². The molecule has 0 amide bonds. The molecule has 0 aliphatic carbocycles. The van der Waals surface area contributed by atoms with Crippen LogP contribution in [0.1, 0.15) is 27.0 Å². The van der Waals surface area contributed by atoms with E-state index >= 15 is 0 Å². The van der Waals surface area contributed by atoms with Crippen molar-refractivity contribution in [1.29, 1.82) is 0 Å². The number of carbonyl (C=O) groups excluding carboxylic acids is 1. The van der Waals surface area contributed by atoms with Crippen LogP contribution in [0.4, 0.5) is 0 Å². The van der Waals surface area contributed by atoms with Crippen molar-refractivity contribution in [3.8, 4) is 23.0 Å². The van der Waals surface area contributed by atoms with Crippen LogP contribution in [0.15, 0.2) is 66.4 Å². The van der Waals surface area contributed by atoms with Gasteiger partial charge in [-0.25, -0.2) is 0 Å². The van der Waals surface area contributed by atoms with Crippen molar-refractivity contribution < 1.29 is 29.0 Å². The van der Waals surface area contributed by atoms with Crippen molar-refractivity contribution >= 4 is 11.9 Å². The van der Waals surface area contributed by atoms with Gasteiger partial charge in [-0.15, -0.1) is 0 Å². The summed E-state index contributed by atoms with van der Waals surface area (Å²) in [4.78, 5) is 14.1. The lowest BCUT2D eigenvalue weighted by atomic mass is 10.0. The lowest BCUT2D eigenvalue weighted by molar-refractivity contribution is -0.907. The fraction of sp³-hybridized carbons (Fsp3) is 0.192. The second kappa shape index (κ2) is 9.16. The second-order valence-electron chi connectivity index (χ2n) is 7.74. The van der Waals surface area contributed by atoms with Crippen molar-refractivity contribution in [2.45, 2.75) is 13.1 Å². The molecular weight excluding hydrogens is 406 g/mol. The number of hydrogen-bond donors (Lipinski definition) is 1. The van der Waals surface area contributed by atoms with E-state index in [1.807, 2.05) is 37.4 Å². The molecule has 3 aromatic carbocycles. The second-order valence-corrected chi connectivity index (χ2v) is 7.74. The maximum absolute atomic E-state index is 13.0. The van der Waals surface area contributed by atoms with Crippen molar-refractivity contribution in [3.05, 3.63) is 88.7 Å². The highest BCUT2D eigenvalue weighted by molar-refractivity contribution is 6.15. The summed E-state index contributed by atoms with van der Waals surface area (Å²) < 4.78 is 16.7. The van der Waals surface area contributed by atoms with E-state index in [9.17, 15) is 9.90 Å². The molecule has 6 nitrogen and oxygen atoms in total. The molecule has 1 aliphatic rings. The van der Waals surface area contributed by atoms with E-state index in [0.717, 1.165) is 11.4 Å². The molecule has 0 spiro atoms. The Bertz CT molecular complexity index is 1170. The number of para-hydroxylation sites is 1. The van der Waals surface area contributed by atoms with Gasteiger partial charge in [0.1, 0.15) is 18.8 Å². The number of nitrogens with one attached hydrogen (secondary N) is 1. The maximum atomic E-state index is 13.0. The molecule has 4 rings (SSSR count). The summed E-state index contributed by atoms with van der Waals surface area (Å²) in [5.41, 5.74) is 2.73. The van der Waals surface area contributed by atoms with E-state index in [1.165, 1.54) is 11.6 Å². The van der Waals surface area contributed by atoms with Crippen LogP contribution in [0.5, 0.6) is 23.0 Å². The molecule has 0 fully saturated rings. The van der Waals surface area contributed by atoms with E-state index < -0.39 is 0 Å². The Morgan fingerprint density at radius 1 is 0.969 bits per heavy atom. The van der Waals surface area contributed by atoms with Gasteiger partial charge in [0.25, 0.3) is 0 Å². The Balaban J connectivity index is 1.64. The monoisotopic (exact) mass is 431 g/mol. The average molecular weight is 431 g/mol. The zero-order chi connectivity index (χ0) is 22.7. The van der Waals surface area contributed by atoms with E-state index in [0.29, 0.717) is 40.5 Å². The number of benzene rings is 3. The number of quaternary nitrogens is 1. The average Bonchev–Trinajstić information content (AvgIpc) is 3.11. The SMILES string of the molecule is COc1cccc(/C=C2\Oc3c(ccc([O-])c3C[NH+](C)Cc3ccccc3)C2=O)c1OC. The molecule has 32 heavy (non-hydrogen) atoms. The molecule has 0 radical (unpaired) electrons. The third kappa shape index (κ3) is 4.18. The van der Waals surface area contributed by atoms with Gasteiger partial charge in [-0.3, -0.25) is 4.79 Å². The van der Waals surface area contributed by atoms with Crippen LogP contribution >= 0.6 is 0 Å². The van der Waals surface area contributed by atoms with Gasteiger partial charge in [0.15, 0.2) is 17.3 Å². The molecular formula is C26H25NO5. The number of rotatable bonds is 7. The summed E-state index contributed by atoms with van der Waals surface area (Å²) in [5, 5.41) is 12.7. The predicted octanol–water partition coefficient (Wildman–Crippen LogP) is 2.61. The number of fused-ring (bicyclic) bond motifs is 1. The van der Waals surface area contributed by atoms with Crippen LogP contribution in [0.25, 0.3) is 6.08 Å². The van der Waals surface area contributed by atoms with E-state index in [-0.39, 0.29) is 17.3 Å². The molecule has 1 atom stereocenters. The van der Waals surface area contributed by atoms with Crippen LogP contribution < -0.4 is 24.2 Å². The van der Waals surface area contributed by atoms with Crippen molar-refractivity contribution in [2.24, 2.45) is 0 Å². The summed E-state index contributed by atoms with van der Waals surface area (Å²) in [6, 6.07) is 18.5. The number of carbonyl (C=O) groups is 1. The summed E-state index contributed by atoms with van der Waals surface area (Å²) in [6.07, 6.45) is 1.62. The normalized spacial score (nSPS) is 14.7. The molecule has 0 saturated carbocycles. The summed E-state index contributed by atoms with van der Waals surface area (Å²) in [6.45, 7) is 1.20. The molecule has 6 heteroatoms. The Hall–Kier alpha value is -3.77. The molecule has 3 aromatic rings. The number of methoxy groups -OCH3 is 2. The largest absolute Gasteiger partial charge is 0.872 e. The molecule has 0 saturated heterocycles. The van der Waals surface area contributed by atoms with Gasteiger partial charge in [-0.1, -0.05) is 54.3 Å². The smallest absolute Gasteiger partial charge is 0.231 e. The maximum Gasteiger partial charge on any atom is 0.231 e. The minimum atomic E-state index is -0.258. The highest BCUT2D eigenvalue weighted by atomic mass is 16.5. The third-order valence-corrected chi connectivity index (χ3v) is 5.45. The van der Waals surface area contributed by atoms with E-state index in [2.05, 4.69) is 12.1 Å². The standard InChI is InChI=1S/C26H25NO5/c1-27(15-17-8-5-4-6-9-17)16-20-21(28)13-12-19-24(29)23(32-26(19)20)14-18-10-7-11-22(30-2)25(18)31-3/h4-14,28H,15-16H2,1-3H3/b23-14-. The van der Waals surface area contributed by atoms with Crippen LogP contribution in [-0.2, 0) is 13.1 Å². The predicted molar refractivity (Wildman–Crippen MR) is 119 cm³/mol. The Morgan fingerprint density at radius 2 is 1.75 bits per heavy atom. The Morgan fingerprint density at radius 3 is 2.47 bits per heavy atom. The molecule has 0 aromatic heterocycles. The fourth-order valence-electron chi connectivity index (χ4n) is 3.93. The lowest BCUT2D eigenvalue weighted by Crippen LogP contribution is -3.06. The first-order chi connectivity index (χ1) is 15.5. The van der Waals surface area contributed by atoms with Gasteiger partial charge in [0.05, 0.1) is 26.8 Å². The zero-order valence-corrected chi connectivity index (χ0v) is 18.3. The first-order valence-electron chi connectivity index (χ1n) is 10.3. The lowest BCUT2D eigenvalue weighted by Gasteiger charge is -2.20. The van der Waals surface area contributed by atoms with Gasteiger partial charge in [0, 0.05) is 16.7 Å². The topological polar surface area (TPSA) is 72.3 Å². The van der Waals surface area contributed by atoms with Crippen LogP contribution in [0, 0.1) is 0 Å². The third-order valence-electron chi connectivity index (χ3n) is 5.45.